The number of piperidine rings is 2. The van der Waals surface area contributed by atoms with E-state index >= 15 is 0 Å². The van der Waals surface area contributed by atoms with E-state index in [-0.39, 0.29) is 35.8 Å². The monoisotopic (exact) mass is 561 g/mol. The average molecular weight is 562 g/mol. The summed E-state index contributed by atoms with van der Waals surface area (Å²) in [5, 5.41) is 7.42. The SMILES string of the molecule is CN=C(NCCN1C(=O)CCCC1=O)NCC1CCCN(C)C1c1cccc(Cl)c1.I. The van der Waals surface area contributed by atoms with Crippen LogP contribution in [0.25, 0.3) is 0 Å². The summed E-state index contributed by atoms with van der Waals surface area (Å²) in [5.41, 5.74) is 1.24. The molecule has 0 radical (unpaired) electrons. The first-order valence-electron chi connectivity index (χ1n) is 10.7. The Balaban J connectivity index is 0.00000341. The summed E-state index contributed by atoms with van der Waals surface area (Å²) >= 11 is 6.24. The summed E-state index contributed by atoms with van der Waals surface area (Å²) in [6, 6.07) is 8.41. The van der Waals surface area contributed by atoms with Gasteiger partial charge in [0.15, 0.2) is 5.96 Å². The first-order chi connectivity index (χ1) is 14.5. The van der Waals surface area contributed by atoms with E-state index in [0.29, 0.717) is 50.3 Å². The second-order valence-corrected chi connectivity index (χ2v) is 8.49. The second kappa shape index (κ2) is 12.6. The molecule has 2 heterocycles. The summed E-state index contributed by atoms with van der Waals surface area (Å²) in [5.74, 6) is 0.951. The van der Waals surface area contributed by atoms with Crippen molar-refractivity contribution in [1.82, 2.24) is 20.4 Å². The molecule has 2 atom stereocenters. The number of carbonyl (C=O) groups excluding carboxylic acids is 2. The van der Waals surface area contributed by atoms with Crippen LogP contribution in [0.2, 0.25) is 5.02 Å². The normalized spacial score (nSPS) is 22.8. The number of likely N-dealkylation sites (tertiary alicyclic amines) is 2. The molecule has 0 aromatic heterocycles. The van der Waals surface area contributed by atoms with E-state index < -0.39 is 0 Å². The van der Waals surface area contributed by atoms with E-state index in [1.165, 1.54) is 10.5 Å². The molecule has 0 saturated carbocycles. The highest BCUT2D eigenvalue weighted by Crippen LogP contribution is 2.35. The van der Waals surface area contributed by atoms with E-state index in [9.17, 15) is 9.59 Å². The largest absolute Gasteiger partial charge is 0.356 e. The van der Waals surface area contributed by atoms with Gasteiger partial charge in [-0.2, -0.15) is 0 Å². The van der Waals surface area contributed by atoms with Crippen LogP contribution in [0.4, 0.5) is 0 Å². The lowest BCUT2D eigenvalue weighted by Gasteiger charge is -2.40. The van der Waals surface area contributed by atoms with Gasteiger partial charge in [0, 0.05) is 50.6 Å². The zero-order valence-electron chi connectivity index (χ0n) is 18.3. The minimum Gasteiger partial charge on any atom is -0.356 e. The highest BCUT2D eigenvalue weighted by atomic mass is 127. The lowest BCUT2D eigenvalue weighted by molar-refractivity contribution is -0.147. The van der Waals surface area contributed by atoms with Crippen LogP contribution in [0.3, 0.4) is 0 Å². The Morgan fingerprint density at radius 2 is 1.94 bits per heavy atom. The molecule has 31 heavy (non-hydrogen) atoms. The third-order valence-corrected chi connectivity index (χ3v) is 6.20. The number of imide groups is 1. The molecule has 0 spiro atoms. The molecular formula is C22H33ClIN5O2. The highest BCUT2D eigenvalue weighted by molar-refractivity contribution is 14.0. The van der Waals surface area contributed by atoms with E-state index in [1.54, 1.807) is 7.05 Å². The van der Waals surface area contributed by atoms with Crippen molar-refractivity contribution >= 4 is 53.4 Å². The van der Waals surface area contributed by atoms with Gasteiger partial charge < -0.3 is 10.6 Å². The van der Waals surface area contributed by atoms with Crippen molar-refractivity contribution < 1.29 is 9.59 Å². The van der Waals surface area contributed by atoms with Gasteiger partial charge in [0.05, 0.1) is 0 Å². The third-order valence-electron chi connectivity index (χ3n) is 5.96. The molecule has 0 aliphatic carbocycles. The third kappa shape index (κ3) is 7.05. The Bertz CT molecular complexity index is 775. The Labute approximate surface area is 207 Å². The predicted octanol–water partition coefficient (Wildman–Crippen LogP) is 3.05. The number of hydrogen-bond acceptors (Lipinski definition) is 4. The number of carbonyl (C=O) groups is 2. The van der Waals surface area contributed by atoms with Gasteiger partial charge >= 0.3 is 0 Å². The maximum Gasteiger partial charge on any atom is 0.229 e. The molecule has 2 aliphatic rings. The lowest BCUT2D eigenvalue weighted by Crippen LogP contribution is -2.48. The number of hydrogen-bond donors (Lipinski definition) is 2. The molecule has 9 heteroatoms. The standard InChI is InChI=1S/C22H32ClN5O2.HI/c1-24-22(25-11-13-28-19(29)9-4-10-20(28)30)26-15-17-7-5-12-27(2)21(17)16-6-3-8-18(23)14-16;/h3,6,8,14,17,21H,4-5,7,9-13,15H2,1-2H3,(H2,24,25,26);1H. The Morgan fingerprint density at radius 3 is 2.61 bits per heavy atom. The van der Waals surface area contributed by atoms with Gasteiger partial charge in [-0.05, 0) is 56.5 Å². The summed E-state index contributed by atoms with van der Waals surface area (Å²) in [7, 11) is 3.89. The van der Waals surface area contributed by atoms with Crippen molar-refractivity contribution in [1.29, 1.82) is 0 Å². The van der Waals surface area contributed by atoms with Crippen LogP contribution in [0.5, 0.6) is 0 Å². The number of nitrogens with zero attached hydrogens (tertiary/aromatic N) is 3. The van der Waals surface area contributed by atoms with Gasteiger partial charge in [-0.25, -0.2) is 0 Å². The minimum absolute atomic E-state index is 0. The molecule has 2 aliphatic heterocycles. The quantitative estimate of drug-likeness (QED) is 0.242. The molecule has 7 nitrogen and oxygen atoms in total. The molecule has 2 unspecified atom stereocenters. The fourth-order valence-corrected chi connectivity index (χ4v) is 4.67. The fraction of sp³-hybridized carbons (Fsp3) is 0.591. The van der Waals surface area contributed by atoms with Crippen LogP contribution >= 0.6 is 35.6 Å². The molecule has 2 saturated heterocycles. The van der Waals surface area contributed by atoms with Crippen molar-refractivity contribution in [3.63, 3.8) is 0 Å². The predicted molar refractivity (Wildman–Crippen MR) is 135 cm³/mol. The van der Waals surface area contributed by atoms with Crippen molar-refractivity contribution in [2.24, 2.45) is 10.9 Å². The number of guanidine groups is 1. The van der Waals surface area contributed by atoms with Crippen LogP contribution in [0, 0.1) is 5.92 Å². The molecule has 2 N–H and O–H groups in total. The average Bonchev–Trinajstić information content (AvgIpc) is 2.72. The summed E-state index contributed by atoms with van der Waals surface area (Å²) in [6.07, 6.45) is 3.86. The minimum atomic E-state index is -0.0781. The van der Waals surface area contributed by atoms with Gasteiger partial charge in [0.2, 0.25) is 11.8 Å². The Kier molecular flexibility index (Phi) is 10.5. The van der Waals surface area contributed by atoms with E-state index in [0.717, 1.165) is 31.0 Å². The molecule has 3 rings (SSSR count). The van der Waals surface area contributed by atoms with Gasteiger partial charge in [-0.15, -0.1) is 24.0 Å². The zero-order valence-corrected chi connectivity index (χ0v) is 21.4. The summed E-state index contributed by atoms with van der Waals surface area (Å²) < 4.78 is 0. The number of nitrogens with one attached hydrogen (secondary N) is 2. The summed E-state index contributed by atoms with van der Waals surface area (Å²) in [6.45, 7) is 2.70. The number of halogens is 2. The molecule has 2 fully saturated rings. The van der Waals surface area contributed by atoms with Gasteiger partial charge in [0.25, 0.3) is 0 Å². The first-order valence-corrected chi connectivity index (χ1v) is 11.1. The zero-order chi connectivity index (χ0) is 21.5. The van der Waals surface area contributed by atoms with E-state index in [2.05, 4.69) is 39.7 Å². The molecule has 172 valence electrons. The lowest BCUT2D eigenvalue weighted by atomic mass is 9.85. The fourth-order valence-electron chi connectivity index (χ4n) is 4.47. The Hall–Kier alpha value is -1.39. The van der Waals surface area contributed by atoms with Gasteiger partial charge in [-0.1, -0.05) is 23.7 Å². The van der Waals surface area contributed by atoms with Crippen LogP contribution in [0.1, 0.15) is 43.7 Å². The van der Waals surface area contributed by atoms with Crippen molar-refractivity contribution in [2.45, 2.75) is 38.1 Å². The first kappa shape index (κ1) is 25.9. The number of aliphatic imine (C=N–C) groups is 1. The smallest absolute Gasteiger partial charge is 0.229 e. The molecular weight excluding hydrogens is 529 g/mol. The number of rotatable bonds is 6. The molecule has 1 aromatic rings. The maximum absolute atomic E-state index is 11.9. The maximum atomic E-state index is 11.9. The topological polar surface area (TPSA) is 77.0 Å². The number of amides is 2. The van der Waals surface area contributed by atoms with Crippen LogP contribution in [-0.4, -0.2) is 67.8 Å². The Morgan fingerprint density at radius 1 is 1.19 bits per heavy atom. The van der Waals surface area contributed by atoms with Gasteiger partial charge in [-0.3, -0.25) is 24.4 Å². The van der Waals surface area contributed by atoms with E-state index in [4.69, 9.17) is 11.6 Å². The number of benzene rings is 1. The second-order valence-electron chi connectivity index (χ2n) is 8.06. The molecule has 0 bridgehead atoms. The molecule has 1 aromatic carbocycles. The van der Waals surface area contributed by atoms with Crippen molar-refractivity contribution in [3.8, 4) is 0 Å². The summed E-state index contributed by atoms with van der Waals surface area (Å²) in [4.78, 5) is 31.9. The highest BCUT2D eigenvalue weighted by Gasteiger charge is 2.31. The van der Waals surface area contributed by atoms with E-state index in [1.807, 2.05) is 12.1 Å². The van der Waals surface area contributed by atoms with Gasteiger partial charge in [0.1, 0.15) is 0 Å². The van der Waals surface area contributed by atoms with Crippen LogP contribution in [0.15, 0.2) is 29.3 Å². The van der Waals surface area contributed by atoms with Crippen LogP contribution in [-0.2, 0) is 9.59 Å². The van der Waals surface area contributed by atoms with Crippen molar-refractivity contribution in [2.75, 3.05) is 40.3 Å². The van der Waals surface area contributed by atoms with Crippen LogP contribution < -0.4 is 10.6 Å². The van der Waals surface area contributed by atoms with Crippen molar-refractivity contribution in [3.05, 3.63) is 34.9 Å². The molecule has 2 amide bonds.